The molecule has 0 saturated carbocycles. The van der Waals surface area contributed by atoms with Gasteiger partial charge in [0.15, 0.2) is 5.73 Å². The third-order valence-electron chi connectivity index (χ3n) is 6.29. The Balaban J connectivity index is 1.64. The highest BCUT2D eigenvalue weighted by molar-refractivity contribution is 6.98. The van der Waals surface area contributed by atoms with Crippen molar-refractivity contribution in [2.45, 2.75) is 31.9 Å². The van der Waals surface area contributed by atoms with Gasteiger partial charge in [0.25, 0.3) is 0 Å². The van der Waals surface area contributed by atoms with Gasteiger partial charge in [-0.3, -0.25) is 0 Å². The molecule has 3 atom stereocenters. The Hall–Kier alpha value is -2.17. The Morgan fingerprint density at radius 1 is 0.583 bits per heavy atom. The van der Waals surface area contributed by atoms with Crippen molar-refractivity contribution in [1.29, 1.82) is 0 Å². The highest BCUT2D eigenvalue weighted by atomic mass is 28.5. The molecule has 0 aromatic carbocycles. The molecule has 0 aromatic rings. The minimum Gasteiger partial charge on any atom is -0.493 e. The maximum atomic E-state index is 7.10. The monoisotopic (exact) mass is 560 g/mol. The van der Waals surface area contributed by atoms with Crippen LogP contribution in [0.5, 0.6) is 0 Å². The standard InChI is InChI=1S/C24H32O8Si4/c1-33(21-13-5-9-17-25-21)29-34(2,22-14-6-10-18-26-22)31-36(4,24-16-8-12-20-28-24)32-35(3,30-33)23-15-7-11-19-27-23/h5-17,21H,18-20H2,1-4H3. The molecule has 5 aliphatic rings. The first-order chi connectivity index (χ1) is 17.2. The van der Waals surface area contributed by atoms with Crippen LogP contribution in [0, 0.1) is 0 Å². The second-order valence-corrected chi connectivity index (χ2v) is 22.4. The molecule has 0 radical (unpaired) electrons. The molecule has 0 aromatic heterocycles. The molecule has 192 valence electrons. The van der Waals surface area contributed by atoms with Crippen LogP contribution in [0.15, 0.2) is 95.3 Å². The van der Waals surface area contributed by atoms with Crippen LogP contribution in [-0.4, -0.2) is 59.8 Å². The van der Waals surface area contributed by atoms with Crippen LogP contribution in [0.1, 0.15) is 0 Å². The van der Waals surface area contributed by atoms with E-state index < -0.39 is 40.0 Å². The molecule has 0 N–H and O–H groups in total. The molecule has 5 rings (SSSR count). The Morgan fingerprint density at radius 3 is 1.39 bits per heavy atom. The van der Waals surface area contributed by atoms with Gasteiger partial charge in [-0.05, 0) is 74.8 Å². The smallest absolute Gasteiger partial charge is 0.388 e. The van der Waals surface area contributed by atoms with E-state index in [-0.39, 0.29) is 0 Å². The summed E-state index contributed by atoms with van der Waals surface area (Å²) in [6.45, 7) is 9.32. The van der Waals surface area contributed by atoms with Gasteiger partial charge in [0.2, 0.25) is 0 Å². The normalized spacial score (nSPS) is 39.9. The van der Waals surface area contributed by atoms with Gasteiger partial charge in [-0.25, -0.2) is 0 Å². The Labute approximate surface area is 216 Å². The van der Waals surface area contributed by atoms with E-state index in [0.717, 1.165) is 0 Å². The minimum absolute atomic E-state index is 0.410. The zero-order valence-corrected chi connectivity index (χ0v) is 25.0. The lowest BCUT2D eigenvalue weighted by molar-refractivity contribution is 0.139. The van der Waals surface area contributed by atoms with E-state index in [0.29, 0.717) is 36.0 Å². The van der Waals surface area contributed by atoms with Crippen LogP contribution in [-0.2, 0) is 35.4 Å². The average molecular weight is 561 g/mol. The van der Waals surface area contributed by atoms with Crippen molar-refractivity contribution in [2.75, 3.05) is 19.8 Å². The summed E-state index contributed by atoms with van der Waals surface area (Å²) in [4.78, 5) is 0. The van der Waals surface area contributed by atoms with E-state index >= 15 is 0 Å². The van der Waals surface area contributed by atoms with Crippen molar-refractivity contribution >= 4 is 34.2 Å². The first kappa shape index (κ1) is 25.5. The first-order valence-electron chi connectivity index (χ1n) is 12.0. The van der Waals surface area contributed by atoms with Crippen molar-refractivity contribution in [3.63, 3.8) is 0 Å². The highest BCUT2D eigenvalue weighted by Crippen LogP contribution is 2.42. The van der Waals surface area contributed by atoms with Crippen molar-refractivity contribution in [2.24, 2.45) is 0 Å². The van der Waals surface area contributed by atoms with Gasteiger partial charge in [-0.2, -0.15) is 0 Å². The van der Waals surface area contributed by atoms with E-state index in [1.807, 2.05) is 99.1 Å². The molecule has 1 saturated heterocycles. The number of rotatable bonds is 4. The number of ether oxygens (including phenoxy) is 4. The van der Waals surface area contributed by atoms with E-state index in [1.165, 1.54) is 0 Å². The lowest BCUT2D eigenvalue weighted by atomic mass is 10.4. The summed E-state index contributed by atoms with van der Waals surface area (Å²) in [5.74, 6) is 0. The number of allylic oxidation sites excluding steroid dienone is 8. The zero-order valence-electron chi connectivity index (χ0n) is 21.0. The summed E-state index contributed by atoms with van der Waals surface area (Å²) in [5, 5.41) is 2.03. The first-order valence-corrected chi connectivity index (χ1v) is 21.4. The molecule has 0 amide bonds. The van der Waals surface area contributed by atoms with Gasteiger partial charge in [0.05, 0.1) is 6.26 Å². The van der Waals surface area contributed by atoms with Crippen molar-refractivity contribution in [3.05, 3.63) is 95.3 Å². The zero-order chi connectivity index (χ0) is 25.3. The lowest BCUT2D eigenvalue weighted by Crippen LogP contribution is -2.72. The molecule has 36 heavy (non-hydrogen) atoms. The maximum absolute atomic E-state index is 7.10. The predicted octanol–water partition coefficient (Wildman–Crippen LogP) is 4.39. The van der Waals surface area contributed by atoms with Crippen LogP contribution in [0.2, 0.25) is 26.2 Å². The summed E-state index contributed by atoms with van der Waals surface area (Å²) < 4.78 is 52.7. The predicted molar refractivity (Wildman–Crippen MR) is 143 cm³/mol. The van der Waals surface area contributed by atoms with E-state index in [9.17, 15) is 0 Å². The summed E-state index contributed by atoms with van der Waals surface area (Å²) in [6, 6.07) is 0. The molecule has 0 aliphatic carbocycles. The third kappa shape index (κ3) is 4.99. The molecule has 1 fully saturated rings. The van der Waals surface area contributed by atoms with Crippen molar-refractivity contribution < 1.29 is 35.4 Å². The quantitative estimate of drug-likeness (QED) is 0.469. The van der Waals surface area contributed by atoms with E-state index in [4.69, 9.17) is 35.4 Å². The molecule has 12 heteroatoms. The van der Waals surface area contributed by atoms with Crippen LogP contribution in [0.25, 0.3) is 0 Å². The van der Waals surface area contributed by atoms with Crippen LogP contribution in [0.4, 0.5) is 0 Å². The second-order valence-electron chi connectivity index (χ2n) is 9.34. The summed E-state index contributed by atoms with van der Waals surface area (Å²) >= 11 is 0. The molecule has 8 nitrogen and oxygen atoms in total. The highest BCUT2D eigenvalue weighted by Gasteiger charge is 2.65. The summed E-state index contributed by atoms with van der Waals surface area (Å²) in [6.07, 6.45) is 24.9. The van der Waals surface area contributed by atoms with Gasteiger partial charge in [0, 0.05) is 0 Å². The number of hydrogen-bond acceptors (Lipinski definition) is 8. The molecule has 0 spiro atoms. The molecular formula is C24H32O8Si4. The minimum atomic E-state index is -3.25. The van der Waals surface area contributed by atoms with Gasteiger partial charge in [0.1, 0.15) is 36.0 Å². The fourth-order valence-corrected chi connectivity index (χ4v) is 25.4. The Kier molecular flexibility index (Phi) is 7.04. The van der Waals surface area contributed by atoms with E-state index in [2.05, 4.69) is 0 Å². The Bertz CT molecular complexity index is 1070. The van der Waals surface area contributed by atoms with Crippen molar-refractivity contribution in [1.82, 2.24) is 0 Å². The molecule has 3 unspecified atom stereocenters. The molecular weight excluding hydrogens is 529 g/mol. The fraction of sp³-hybridized carbons (Fsp3) is 0.333. The summed E-state index contributed by atoms with van der Waals surface area (Å²) in [7, 11) is -12.9. The van der Waals surface area contributed by atoms with Gasteiger partial charge in [-0.15, -0.1) is 0 Å². The molecule has 5 aliphatic heterocycles. The maximum Gasteiger partial charge on any atom is 0.388 e. The molecule has 5 heterocycles. The largest absolute Gasteiger partial charge is 0.493 e. The Morgan fingerprint density at radius 2 is 1.03 bits per heavy atom. The average Bonchev–Trinajstić information content (AvgIpc) is 2.90. The third-order valence-corrected chi connectivity index (χ3v) is 23.9. The topological polar surface area (TPSA) is 73.8 Å². The SMILES string of the molecule is C[Si]1(C2=CC=CCO2)O[Si](C)(C2=CC=CCO2)O[Si](C)(C2C=CC=CO2)O[Si](C)(C2=CC=CCO2)O1. The summed E-state index contributed by atoms with van der Waals surface area (Å²) in [5.41, 5.74) is -0.410. The van der Waals surface area contributed by atoms with Gasteiger partial charge >= 0.3 is 34.2 Å². The number of hydrogen-bond donors (Lipinski definition) is 0. The van der Waals surface area contributed by atoms with Gasteiger partial charge in [-0.1, -0.05) is 24.3 Å². The lowest BCUT2D eigenvalue weighted by Gasteiger charge is -2.51. The van der Waals surface area contributed by atoms with E-state index in [1.54, 1.807) is 6.26 Å². The second kappa shape index (κ2) is 9.94. The van der Waals surface area contributed by atoms with Crippen LogP contribution in [0.3, 0.4) is 0 Å². The fourth-order valence-electron chi connectivity index (χ4n) is 4.74. The molecule has 0 bridgehead atoms. The van der Waals surface area contributed by atoms with Crippen LogP contribution < -0.4 is 0 Å². The van der Waals surface area contributed by atoms with Crippen molar-refractivity contribution in [3.8, 4) is 0 Å². The van der Waals surface area contributed by atoms with Gasteiger partial charge < -0.3 is 35.4 Å². The van der Waals surface area contributed by atoms with Crippen LogP contribution >= 0.6 is 0 Å².